The third-order valence-electron chi connectivity index (χ3n) is 8.28. The second-order valence-corrected chi connectivity index (χ2v) is 14.5. The fourth-order valence-corrected chi connectivity index (χ4v) is 7.05. The molecule has 7 aromatic rings. The molecule has 0 N–H and O–H groups in total. The zero-order valence-corrected chi connectivity index (χ0v) is 28.8. The van der Waals surface area contributed by atoms with E-state index in [2.05, 4.69) is 146 Å². The Hall–Kier alpha value is -4.95. The van der Waals surface area contributed by atoms with Gasteiger partial charge in [-0.3, -0.25) is 0 Å². The normalized spacial score (nSPS) is 11.4. The van der Waals surface area contributed by atoms with E-state index in [4.69, 9.17) is 16.1 Å². The van der Waals surface area contributed by atoms with Gasteiger partial charge in [-0.2, -0.15) is 0 Å². The maximum atomic E-state index is 6.36. The number of thiophene rings is 1. The van der Waals surface area contributed by atoms with E-state index in [1.165, 1.54) is 10.3 Å². The first-order valence-electron chi connectivity index (χ1n) is 15.5. The number of hydrogen-bond acceptors (Lipinski definition) is 3. The molecule has 7 rings (SSSR count). The standard InChI is InChI=1S/C43H32BrNOS/c1-5-40-42(37-11-6-7-12-41(37)47-40)31-9-8-10-36(25-31)46-35-23-17-30(18-24-35)39-27-32(28-15-21-34(44)22-16-28)26-38(45-39)29-13-19-33(20-14-29)43(2,3)4/h1,6-27H,2-4H3. The van der Waals surface area contributed by atoms with Crippen molar-refractivity contribution in [3.63, 3.8) is 0 Å². The highest BCUT2D eigenvalue weighted by Crippen LogP contribution is 2.40. The average Bonchev–Trinajstić information content (AvgIpc) is 3.47. The molecule has 0 bridgehead atoms. The molecule has 2 aromatic heterocycles. The third-order valence-corrected chi connectivity index (χ3v) is 9.92. The molecule has 0 aliphatic heterocycles. The van der Waals surface area contributed by atoms with Gasteiger partial charge >= 0.3 is 0 Å². The Labute approximate surface area is 288 Å². The highest BCUT2D eigenvalue weighted by atomic mass is 79.9. The summed E-state index contributed by atoms with van der Waals surface area (Å²) >= 11 is 5.22. The number of halogens is 1. The zero-order valence-electron chi connectivity index (χ0n) is 26.4. The Morgan fingerprint density at radius 2 is 1.28 bits per heavy atom. The second kappa shape index (κ2) is 12.7. The predicted molar refractivity (Wildman–Crippen MR) is 202 cm³/mol. The summed E-state index contributed by atoms with van der Waals surface area (Å²) in [6.45, 7) is 6.70. The molecule has 0 aliphatic carbocycles. The van der Waals surface area contributed by atoms with E-state index < -0.39 is 0 Å². The lowest BCUT2D eigenvalue weighted by atomic mass is 9.86. The van der Waals surface area contributed by atoms with E-state index in [1.54, 1.807) is 11.3 Å². The van der Waals surface area contributed by atoms with Gasteiger partial charge < -0.3 is 4.74 Å². The lowest BCUT2D eigenvalue weighted by Crippen LogP contribution is -2.10. The quantitative estimate of drug-likeness (QED) is 0.162. The number of hydrogen-bond donors (Lipinski definition) is 0. The molecule has 0 atom stereocenters. The number of fused-ring (bicyclic) bond motifs is 1. The highest BCUT2D eigenvalue weighted by molar-refractivity contribution is 9.10. The number of aromatic nitrogens is 1. The Balaban J connectivity index is 1.20. The van der Waals surface area contributed by atoms with Gasteiger partial charge in [-0.25, -0.2) is 4.98 Å². The van der Waals surface area contributed by atoms with Gasteiger partial charge in [0.1, 0.15) is 11.5 Å². The van der Waals surface area contributed by atoms with Gasteiger partial charge in [0.05, 0.1) is 16.3 Å². The molecule has 0 aliphatic rings. The molecule has 0 spiro atoms. The van der Waals surface area contributed by atoms with Gasteiger partial charge in [-0.05, 0) is 94.4 Å². The molecule has 0 fully saturated rings. The molecule has 2 nitrogen and oxygen atoms in total. The van der Waals surface area contributed by atoms with Gasteiger partial charge in [0.2, 0.25) is 0 Å². The SMILES string of the molecule is C#Cc1sc2ccccc2c1-c1cccc(Oc2ccc(-c3cc(-c4ccc(Br)cc4)cc(-c4ccc(C(C)(C)C)cc4)n3)cc2)c1. The largest absolute Gasteiger partial charge is 0.457 e. The summed E-state index contributed by atoms with van der Waals surface area (Å²) in [6, 6.07) is 46.1. The van der Waals surface area contributed by atoms with Crippen molar-refractivity contribution >= 4 is 37.4 Å². The molecular weight excluding hydrogens is 658 g/mol. The summed E-state index contributed by atoms with van der Waals surface area (Å²) in [6.07, 6.45) is 5.91. The van der Waals surface area contributed by atoms with Crippen LogP contribution in [0.2, 0.25) is 0 Å². The van der Waals surface area contributed by atoms with E-state index in [1.807, 2.05) is 30.3 Å². The molecule has 47 heavy (non-hydrogen) atoms. The van der Waals surface area contributed by atoms with Crippen molar-refractivity contribution in [1.29, 1.82) is 0 Å². The van der Waals surface area contributed by atoms with Crippen molar-refractivity contribution in [3.8, 4) is 68.6 Å². The van der Waals surface area contributed by atoms with E-state index in [0.29, 0.717) is 0 Å². The smallest absolute Gasteiger partial charge is 0.128 e. The van der Waals surface area contributed by atoms with Crippen molar-refractivity contribution in [2.45, 2.75) is 26.2 Å². The van der Waals surface area contributed by atoms with Crippen molar-refractivity contribution in [3.05, 3.63) is 148 Å². The van der Waals surface area contributed by atoms with Crippen LogP contribution in [0, 0.1) is 12.3 Å². The summed E-state index contributed by atoms with van der Waals surface area (Å²) in [4.78, 5) is 6.06. The predicted octanol–water partition coefficient (Wildman–Crippen LogP) is 12.8. The maximum Gasteiger partial charge on any atom is 0.128 e. The van der Waals surface area contributed by atoms with E-state index >= 15 is 0 Å². The third kappa shape index (κ3) is 6.51. The molecule has 0 radical (unpaired) electrons. The maximum absolute atomic E-state index is 6.36. The molecule has 4 heteroatoms. The summed E-state index contributed by atoms with van der Waals surface area (Å²) in [5.41, 5.74) is 9.70. The summed E-state index contributed by atoms with van der Waals surface area (Å²) in [5.74, 6) is 4.39. The number of nitrogens with zero attached hydrogens (tertiary/aromatic N) is 1. The first-order valence-corrected chi connectivity index (χ1v) is 17.1. The summed E-state index contributed by atoms with van der Waals surface area (Å²) in [5, 5.41) is 1.16. The topological polar surface area (TPSA) is 22.1 Å². The number of pyridine rings is 1. The minimum atomic E-state index is 0.0877. The van der Waals surface area contributed by atoms with E-state index in [0.717, 1.165) is 71.0 Å². The van der Waals surface area contributed by atoms with Crippen molar-refractivity contribution in [2.75, 3.05) is 0 Å². The fraction of sp³-hybridized carbons (Fsp3) is 0.0930. The lowest BCUT2D eigenvalue weighted by molar-refractivity contribution is 0.483. The number of rotatable bonds is 6. The van der Waals surface area contributed by atoms with Crippen LogP contribution in [-0.4, -0.2) is 4.98 Å². The summed E-state index contributed by atoms with van der Waals surface area (Å²) in [7, 11) is 0. The Morgan fingerprint density at radius 1 is 0.638 bits per heavy atom. The number of terminal acetylenes is 1. The van der Waals surface area contributed by atoms with Crippen molar-refractivity contribution in [2.24, 2.45) is 0 Å². The highest BCUT2D eigenvalue weighted by Gasteiger charge is 2.16. The Kier molecular flexibility index (Phi) is 8.28. The first-order chi connectivity index (χ1) is 22.7. The van der Waals surface area contributed by atoms with Crippen LogP contribution in [0.5, 0.6) is 11.5 Å². The first kappa shape index (κ1) is 30.7. The molecule has 0 saturated heterocycles. The van der Waals surface area contributed by atoms with Gasteiger partial charge in [0.25, 0.3) is 0 Å². The molecule has 0 amide bonds. The van der Waals surface area contributed by atoms with Crippen LogP contribution in [0.3, 0.4) is 0 Å². The van der Waals surface area contributed by atoms with Crippen LogP contribution >= 0.6 is 27.3 Å². The molecule has 5 aromatic carbocycles. The van der Waals surface area contributed by atoms with Crippen molar-refractivity contribution < 1.29 is 4.74 Å². The number of benzene rings is 5. The van der Waals surface area contributed by atoms with Gasteiger partial charge in [-0.1, -0.05) is 109 Å². The van der Waals surface area contributed by atoms with Crippen LogP contribution in [0.4, 0.5) is 0 Å². The zero-order chi connectivity index (χ0) is 32.5. The fourth-order valence-electron chi connectivity index (χ4n) is 5.75. The molecule has 228 valence electrons. The Bertz CT molecular complexity index is 2250. The monoisotopic (exact) mass is 689 g/mol. The van der Waals surface area contributed by atoms with Crippen LogP contribution in [0.25, 0.3) is 54.9 Å². The average molecular weight is 691 g/mol. The Morgan fingerprint density at radius 3 is 1.94 bits per heavy atom. The van der Waals surface area contributed by atoms with Crippen LogP contribution in [0.1, 0.15) is 31.2 Å². The molecular formula is C43H32BrNOS. The second-order valence-electron chi connectivity index (χ2n) is 12.6. The number of ether oxygens (including phenoxy) is 1. The summed E-state index contributed by atoms with van der Waals surface area (Å²) < 4.78 is 8.59. The van der Waals surface area contributed by atoms with Crippen LogP contribution < -0.4 is 4.74 Å². The van der Waals surface area contributed by atoms with Crippen molar-refractivity contribution in [1.82, 2.24) is 4.98 Å². The molecule has 2 heterocycles. The van der Waals surface area contributed by atoms with Crippen LogP contribution in [-0.2, 0) is 5.41 Å². The van der Waals surface area contributed by atoms with E-state index in [-0.39, 0.29) is 5.41 Å². The van der Waals surface area contributed by atoms with Gasteiger partial charge in [-0.15, -0.1) is 17.8 Å². The minimum Gasteiger partial charge on any atom is -0.457 e. The molecule has 0 unspecified atom stereocenters. The van der Waals surface area contributed by atoms with Gasteiger partial charge in [0.15, 0.2) is 0 Å². The van der Waals surface area contributed by atoms with Gasteiger partial charge in [0, 0.05) is 31.2 Å². The lowest BCUT2D eigenvalue weighted by Gasteiger charge is -2.19. The minimum absolute atomic E-state index is 0.0877. The molecule has 0 saturated carbocycles. The van der Waals surface area contributed by atoms with Crippen LogP contribution in [0.15, 0.2) is 138 Å². The van der Waals surface area contributed by atoms with E-state index in [9.17, 15) is 0 Å².